The van der Waals surface area contributed by atoms with Crippen molar-refractivity contribution in [1.29, 1.82) is 0 Å². The largest absolute Gasteiger partial charge is 0.387 e. The van der Waals surface area contributed by atoms with Crippen LogP contribution in [0.15, 0.2) is 28.9 Å². The number of fused-ring (bicyclic) bond motifs is 1. The predicted molar refractivity (Wildman–Crippen MR) is 64.6 cm³/mol. The number of aliphatic hydroxyl groups is 1. The Morgan fingerprint density at radius 2 is 2.27 bits per heavy atom. The van der Waals surface area contributed by atoms with Crippen molar-refractivity contribution in [1.82, 2.24) is 4.57 Å². The number of halogens is 1. The monoisotopic (exact) mass is 268 g/mol. The van der Waals surface area contributed by atoms with Crippen LogP contribution in [0.2, 0.25) is 0 Å². The number of hydrogen-bond donors (Lipinski definition) is 2. The van der Waals surface area contributed by atoms with E-state index >= 15 is 0 Å². The highest BCUT2D eigenvalue weighted by molar-refractivity contribution is 9.10. The zero-order chi connectivity index (χ0) is 11.0. The van der Waals surface area contributed by atoms with Crippen molar-refractivity contribution in [2.45, 2.75) is 6.10 Å². The number of rotatable bonds is 2. The summed E-state index contributed by atoms with van der Waals surface area (Å²) in [6, 6.07) is 6.01. The maximum atomic E-state index is 9.78. The van der Waals surface area contributed by atoms with Crippen LogP contribution in [0.4, 0.5) is 0 Å². The van der Waals surface area contributed by atoms with Crippen molar-refractivity contribution in [3.63, 3.8) is 0 Å². The zero-order valence-electron chi connectivity index (χ0n) is 8.44. The second-order valence-electron chi connectivity index (χ2n) is 3.61. The maximum absolute atomic E-state index is 9.78. The van der Waals surface area contributed by atoms with E-state index in [1.165, 1.54) is 0 Å². The molecule has 2 aromatic rings. The number of aromatic nitrogens is 1. The lowest BCUT2D eigenvalue weighted by Gasteiger charge is -2.05. The SMILES string of the molecule is Cn1cc([C@@H](O)CN)c2cc(Br)ccc21. The van der Waals surface area contributed by atoms with Crippen molar-refractivity contribution in [2.75, 3.05) is 6.54 Å². The van der Waals surface area contributed by atoms with Gasteiger partial charge in [-0.15, -0.1) is 0 Å². The van der Waals surface area contributed by atoms with Crippen LogP contribution in [0.1, 0.15) is 11.7 Å². The first-order valence-corrected chi connectivity index (χ1v) is 5.55. The van der Waals surface area contributed by atoms with Gasteiger partial charge in [-0.05, 0) is 18.2 Å². The molecule has 0 fully saturated rings. The fourth-order valence-corrected chi connectivity index (χ4v) is 2.15. The molecule has 2 rings (SSSR count). The van der Waals surface area contributed by atoms with Gasteiger partial charge in [0, 0.05) is 40.7 Å². The molecule has 1 atom stereocenters. The van der Waals surface area contributed by atoms with Crippen molar-refractivity contribution in [2.24, 2.45) is 12.8 Å². The third-order valence-electron chi connectivity index (χ3n) is 2.56. The summed E-state index contributed by atoms with van der Waals surface area (Å²) in [6.45, 7) is 0.242. The van der Waals surface area contributed by atoms with Crippen LogP contribution >= 0.6 is 15.9 Å². The molecule has 3 N–H and O–H groups in total. The van der Waals surface area contributed by atoms with E-state index < -0.39 is 6.10 Å². The Morgan fingerprint density at radius 3 is 2.93 bits per heavy atom. The molecular weight excluding hydrogens is 256 g/mol. The molecule has 0 saturated heterocycles. The Labute approximate surface area is 96.6 Å². The van der Waals surface area contributed by atoms with Gasteiger partial charge in [-0.2, -0.15) is 0 Å². The highest BCUT2D eigenvalue weighted by Gasteiger charge is 2.13. The van der Waals surface area contributed by atoms with Crippen LogP contribution < -0.4 is 5.73 Å². The second kappa shape index (κ2) is 3.96. The minimum atomic E-state index is -0.594. The summed E-state index contributed by atoms with van der Waals surface area (Å²) >= 11 is 3.42. The van der Waals surface area contributed by atoms with E-state index in [1.54, 1.807) is 0 Å². The molecule has 1 aromatic heterocycles. The molecule has 1 heterocycles. The molecule has 80 valence electrons. The van der Waals surface area contributed by atoms with Crippen molar-refractivity contribution < 1.29 is 5.11 Å². The van der Waals surface area contributed by atoms with Crippen LogP contribution in [0.25, 0.3) is 10.9 Å². The fourth-order valence-electron chi connectivity index (χ4n) is 1.79. The molecule has 0 amide bonds. The van der Waals surface area contributed by atoms with Gasteiger partial charge in [-0.25, -0.2) is 0 Å². The average molecular weight is 269 g/mol. The quantitative estimate of drug-likeness (QED) is 0.875. The van der Waals surface area contributed by atoms with Crippen molar-refractivity contribution in [3.8, 4) is 0 Å². The molecule has 4 heteroatoms. The molecular formula is C11H13BrN2O. The highest BCUT2D eigenvalue weighted by Crippen LogP contribution is 2.28. The van der Waals surface area contributed by atoms with Crippen molar-refractivity contribution in [3.05, 3.63) is 34.4 Å². The highest BCUT2D eigenvalue weighted by atomic mass is 79.9. The summed E-state index contributed by atoms with van der Waals surface area (Å²) in [5, 5.41) is 10.8. The van der Waals surface area contributed by atoms with Gasteiger partial charge in [0.15, 0.2) is 0 Å². The van der Waals surface area contributed by atoms with Crippen LogP contribution in [0.5, 0.6) is 0 Å². The summed E-state index contributed by atoms with van der Waals surface area (Å²) in [6.07, 6.45) is 1.33. The summed E-state index contributed by atoms with van der Waals surface area (Å²) < 4.78 is 3.00. The predicted octanol–water partition coefficient (Wildman–Crippen LogP) is 1.93. The van der Waals surface area contributed by atoms with E-state index in [4.69, 9.17) is 5.73 Å². The summed E-state index contributed by atoms with van der Waals surface area (Å²) in [7, 11) is 1.96. The number of nitrogens with two attached hydrogens (primary N) is 1. The first kappa shape index (κ1) is 10.7. The zero-order valence-corrected chi connectivity index (χ0v) is 10.0. The van der Waals surface area contributed by atoms with E-state index in [9.17, 15) is 5.11 Å². The Morgan fingerprint density at radius 1 is 1.53 bits per heavy atom. The van der Waals surface area contributed by atoms with Gasteiger partial charge in [0.05, 0.1) is 6.10 Å². The molecule has 1 aromatic carbocycles. The van der Waals surface area contributed by atoms with Gasteiger partial charge in [0.1, 0.15) is 0 Å². The Balaban J connectivity index is 2.69. The first-order valence-electron chi connectivity index (χ1n) is 4.76. The van der Waals surface area contributed by atoms with Gasteiger partial charge < -0.3 is 15.4 Å². The standard InChI is InChI=1S/C11H13BrN2O/c1-14-6-9(11(15)5-13)8-4-7(12)2-3-10(8)14/h2-4,6,11,15H,5,13H2,1H3/t11-/m0/s1. The molecule has 3 nitrogen and oxygen atoms in total. The fraction of sp³-hybridized carbons (Fsp3) is 0.273. The third-order valence-corrected chi connectivity index (χ3v) is 3.06. The number of benzene rings is 1. The smallest absolute Gasteiger partial charge is 0.0932 e. The molecule has 0 aliphatic rings. The van der Waals surface area contributed by atoms with Gasteiger partial charge in [0.25, 0.3) is 0 Å². The molecule has 15 heavy (non-hydrogen) atoms. The number of aliphatic hydroxyl groups excluding tert-OH is 1. The van der Waals surface area contributed by atoms with Crippen LogP contribution in [0.3, 0.4) is 0 Å². The van der Waals surface area contributed by atoms with Gasteiger partial charge in [0.2, 0.25) is 0 Å². The Hall–Kier alpha value is -0.840. The van der Waals surface area contributed by atoms with E-state index in [1.807, 2.05) is 36.0 Å². The Bertz CT molecular complexity index is 493. The lowest BCUT2D eigenvalue weighted by Crippen LogP contribution is -2.10. The van der Waals surface area contributed by atoms with Crippen molar-refractivity contribution >= 4 is 26.8 Å². The molecule has 0 aliphatic heterocycles. The molecule has 0 spiro atoms. The molecule has 0 unspecified atom stereocenters. The lowest BCUT2D eigenvalue weighted by molar-refractivity contribution is 0.188. The Kier molecular flexibility index (Phi) is 2.82. The summed E-state index contributed by atoms with van der Waals surface area (Å²) in [4.78, 5) is 0. The van der Waals surface area contributed by atoms with Gasteiger partial charge in [-0.1, -0.05) is 15.9 Å². The topological polar surface area (TPSA) is 51.2 Å². The van der Waals surface area contributed by atoms with E-state index in [2.05, 4.69) is 15.9 Å². The van der Waals surface area contributed by atoms with Crippen LogP contribution in [0, 0.1) is 0 Å². The summed E-state index contributed by atoms with van der Waals surface area (Å²) in [5.74, 6) is 0. The minimum Gasteiger partial charge on any atom is -0.387 e. The van der Waals surface area contributed by atoms with E-state index in [0.29, 0.717) is 0 Å². The molecule has 0 aliphatic carbocycles. The van der Waals surface area contributed by atoms with E-state index in [-0.39, 0.29) is 6.54 Å². The minimum absolute atomic E-state index is 0.242. The lowest BCUT2D eigenvalue weighted by atomic mass is 10.1. The number of hydrogen-bond acceptors (Lipinski definition) is 2. The number of aryl methyl sites for hydroxylation is 1. The maximum Gasteiger partial charge on any atom is 0.0932 e. The van der Waals surface area contributed by atoms with Gasteiger partial charge in [-0.3, -0.25) is 0 Å². The van der Waals surface area contributed by atoms with Gasteiger partial charge >= 0.3 is 0 Å². The average Bonchev–Trinajstić information content (AvgIpc) is 2.54. The second-order valence-corrected chi connectivity index (χ2v) is 4.52. The number of nitrogens with zero attached hydrogens (tertiary/aromatic N) is 1. The molecule has 0 bridgehead atoms. The van der Waals surface area contributed by atoms with Crippen LogP contribution in [-0.4, -0.2) is 16.2 Å². The van der Waals surface area contributed by atoms with E-state index in [0.717, 1.165) is 20.9 Å². The normalized spacial score (nSPS) is 13.3. The third kappa shape index (κ3) is 1.80. The summed E-state index contributed by atoms with van der Waals surface area (Å²) in [5.41, 5.74) is 7.45. The molecule has 0 saturated carbocycles. The molecule has 0 radical (unpaired) electrons. The van der Waals surface area contributed by atoms with Crippen LogP contribution in [-0.2, 0) is 7.05 Å². The first-order chi connectivity index (χ1) is 7.13.